The average Bonchev–Trinajstić information content (AvgIpc) is 1.95. The summed E-state index contributed by atoms with van der Waals surface area (Å²) in [6.45, 7) is -1.58. The first kappa shape index (κ1) is 13.0. The van der Waals surface area contributed by atoms with Crippen molar-refractivity contribution in [1.29, 1.82) is 0 Å². The van der Waals surface area contributed by atoms with E-state index in [0.29, 0.717) is 6.92 Å². The molecule has 1 unspecified atom stereocenters. The molecular formula is C6H6F6O2. The highest BCUT2D eigenvalue weighted by Crippen LogP contribution is 2.27. The van der Waals surface area contributed by atoms with E-state index in [-0.39, 0.29) is 0 Å². The van der Waals surface area contributed by atoms with Crippen molar-refractivity contribution in [3.63, 3.8) is 0 Å². The molecule has 14 heavy (non-hydrogen) atoms. The molecule has 0 amide bonds. The molecule has 0 aromatic carbocycles. The van der Waals surface area contributed by atoms with Gasteiger partial charge in [0, 0.05) is 0 Å². The summed E-state index contributed by atoms with van der Waals surface area (Å²) >= 11 is 0. The molecule has 0 N–H and O–H groups in total. The van der Waals surface area contributed by atoms with Crippen LogP contribution < -0.4 is 0 Å². The van der Waals surface area contributed by atoms with Gasteiger partial charge in [0.1, 0.15) is 5.92 Å². The monoisotopic (exact) mass is 224 g/mol. The van der Waals surface area contributed by atoms with Crippen LogP contribution in [0.2, 0.25) is 0 Å². The van der Waals surface area contributed by atoms with E-state index in [1.807, 2.05) is 0 Å². The predicted octanol–water partition coefficient (Wildman–Crippen LogP) is 2.29. The van der Waals surface area contributed by atoms with Crippen molar-refractivity contribution < 1.29 is 35.9 Å². The molecule has 0 rings (SSSR count). The normalized spacial score (nSPS) is 15.1. The lowest BCUT2D eigenvalue weighted by Gasteiger charge is -2.15. The van der Waals surface area contributed by atoms with Gasteiger partial charge in [0.15, 0.2) is 6.61 Å². The van der Waals surface area contributed by atoms with Crippen molar-refractivity contribution in [2.75, 3.05) is 6.61 Å². The largest absolute Gasteiger partial charge is 0.456 e. The molecule has 0 heterocycles. The Bertz CT molecular complexity index is 205. The van der Waals surface area contributed by atoms with Crippen LogP contribution in [0.4, 0.5) is 26.3 Å². The zero-order valence-electron chi connectivity index (χ0n) is 6.87. The molecule has 0 aliphatic heterocycles. The van der Waals surface area contributed by atoms with Crippen LogP contribution in [0.3, 0.4) is 0 Å². The third kappa shape index (κ3) is 4.93. The SMILES string of the molecule is CC(C(=O)OCC(F)(F)F)C(F)(F)F. The van der Waals surface area contributed by atoms with Crippen LogP contribution in [0.1, 0.15) is 6.92 Å². The lowest BCUT2D eigenvalue weighted by atomic mass is 10.2. The van der Waals surface area contributed by atoms with Crippen LogP contribution in [-0.4, -0.2) is 24.9 Å². The molecule has 0 saturated carbocycles. The quantitative estimate of drug-likeness (QED) is 0.531. The molecular weight excluding hydrogens is 218 g/mol. The fraction of sp³-hybridized carbons (Fsp3) is 0.833. The summed E-state index contributed by atoms with van der Waals surface area (Å²) in [6, 6.07) is 0. The van der Waals surface area contributed by atoms with Crippen molar-refractivity contribution in [3.8, 4) is 0 Å². The minimum absolute atomic E-state index is 0.429. The number of hydrogen-bond acceptors (Lipinski definition) is 2. The number of rotatable bonds is 2. The Hall–Kier alpha value is -0.950. The highest BCUT2D eigenvalue weighted by atomic mass is 19.4. The average molecular weight is 224 g/mol. The number of alkyl halides is 6. The summed E-state index contributed by atoms with van der Waals surface area (Å²) in [5, 5.41) is 0. The number of esters is 1. The van der Waals surface area contributed by atoms with Gasteiger partial charge in [0.25, 0.3) is 0 Å². The highest BCUT2D eigenvalue weighted by Gasteiger charge is 2.43. The summed E-state index contributed by atoms with van der Waals surface area (Å²) in [4.78, 5) is 10.4. The van der Waals surface area contributed by atoms with Crippen LogP contribution in [0.15, 0.2) is 0 Å². The van der Waals surface area contributed by atoms with Gasteiger partial charge in [-0.3, -0.25) is 4.79 Å². The molecule has 0 bridgehead atoms. The van der Waals surface area contributed by atoms with Crippen molar-refractivity contribution in [2.45, 2.75) is 19.3 Å². The first-order valence-corrected chi connectivity index (χ1v) is 3.34. The molecule has 0 aliphatic carbocycles. The minimum Gasteiger partial charge on any atom is -0.456 e. The zero-order chi connectivity index (χ0) is 11.6. The molecule has 2 nitrogen and oxygen atoms in total. The van der Waals surface area contributed by atoms with Gasteiger partial charge in [-0.25, -0.2) is 0 Å². The van der Waals surface area contributed by atoms with Gasteiger partial charge in [-0.15, -0.1) is 0 Å². The van der Waals surface area contributed by atoms with E-state index in [9.17, 15) is 31.1 Å². The Kier molecular flexibility index (Phi) is 3.78. The number of carbonyl (C=O) groups is 1. The maximum Gasteiger partial charge on any atom is 0.422 e. The third-order valence-electron chi connectivity index (χ3n) is 1.22. The second-order valence-corrected chi connectivity index (χ2v) is 2.49. The maximum absolute atomic E-state index is 11.7. The highest BCUT2D eigenvalue weighted by molar-refractivity contribution is 5.72. The molecule has 1 atom stereocenters. The zero-order valence-corrected chi connectivity index (χ0v) is 6.87. The molecule has 0 aromatic rings. The van der Waals surface area contributed by atoms with Crippen LogP contribution in [0, 0.1) is 5.92 Å². The van der Waals surface area contributed by atoms with Gasteiger partial charge in [0.05, 0.1) is 0 Å². The van der Waals surface area contributed by atoms with E-state index in [4.69, 9.17) is 0 Å². The van der Waals surface area contributed by atoms with Crippen LogP contribution in [0.5, 0.6) is 0 Å². The van der Waals surface area contributed by atoms with Crippen LogP contribution in [-0.2, 0) is 9.53 Å². The fourth-order valence-corrected chi connectivity index (χ4v) is 0.412. The van der Waals surface area contributed by atoms with Gasteiger partial charge in [-0.05, 0) is 6.92 Å². The number of halogens is 6. The molecule has 0 fully saturated rings. The first-order valence-electron chi connectivity index (χ1n) is 3.34. The summed E-state index contributed by atoms with van der Waals surface area (Å²) in [5.74, 6) is -4.49. The van der Waals surface area contributed by atoms with Gasteiger partial charge in [-0.2, -0.15) is 26.3 Å². The van der Waals surface area contributed by atoms with E-state index >= 15 is 0 Å². The number of hydrogen-bond donors (Lipinski definition) is 0. The molecule has 0 radical (unpaired) electrons. The van der Waals surface area contributed by atoms with E-state index in [2.05, 4.69) is 4.74 Å². The van der Waals surface area contributed by atoms with Gasteiger partial charge < -0.3 is 4.74 Å². The van der Waals surface area contributed by atoms with E-state index in [1.54, 1.807) is 0 Å². The second kappa shape index (κ2) is 4.05. The Morgan fingerprint density at radius 1 is 1.21 bits per heavy atom. The summed E-state index contributed by atoms with van der Waals surface area (Å²) in [7, 11) is 0. The Morgan fingerprint density at radius 2 is 1.64 bits per heavy atom. The lowest BCUT2D eigenvalue weighted by molar-refractivity contribution is -0.212. The van der Waals surface area contributed by atoms with Gasteiger partial charge in [0.2, 0.25) is 0 Å². The molecule has 0 spiro atoms. The predicted molar refractivity (Wildman–Crippen MR) is 32.2 cm³/mol. The standard InChI is InChI=1S/C6H6F6O2/c1-3(6(10,11)12)4(13)14-2-5(7,8)9/h3H,2H2,1H3. The third-order valence-corrected chi connectivity index (χ3v) is 1.22. The molecule has 0 aliphatic rings. The molecule has 0 aromatic heterocycles. The molecule has 8 heteroatoms. The Balaban J connectivity index is 4.11. The van der Waals surface area contributed by atoms with Crippen molar-refractivity contribution in [3.05, 3.63) is 0 Å². The second-order valence-electron chi connectivity index (χ2n) is 2.49. The summed E-state index contributed by atoms with van der Waals surface area (Å²) < 4.78 is 72.9. The van der Waals surface area contributed by atoms with Crippen molar-refractivity contribution in [2.24, 2.45) is 5.92 Å². The lowest BCUT2D eigenvalue weighted by Crippen LogP contribution is -2.32. The fourth-order valence-electron chi connectivity index (χ4n) is 0.412. The number of ether oxygens (including phenoxy) is 1. The van der Waals surface area contributed by atoms with E-state index < -0.39 is 30.8 Å². The Labute approximate surface area is 74.8 Å². The van der Waals surface area contributed by atoms with Crippen LogP contribution >= 0.6 is 0 Å². The van der Waals surface area contributed by atoms with Gasteiger partial charge >= 0.3 is 18.3 Å². The first-order chi connectivity index (χ1) is 6.04. The maximum atomic E-state index is 11.7. The topological polar surface area (TPSA) is 26.3 Å². The summed E-state index contributed by atoms with van der Waals surface area (Å²) in [6.07, 6.45) is -9.70. The summed E-state index contributed by atoms with van der Waals surface area (Å²) in [5.41, 5.74) is 0. The van der Waals surface area contributed by atoms with Crippen LogP contribution in [0.25, 0.3) is 0 Å². The molecule has 0 saturated heterocycles. The van der Waals surface area contributed by atoms with E-state index in [1.165, 1.54) is 0 Å². The van der Waals surface area contributed by atoms with E-state index in [0.717, 1.165) is 0 Å². The van der Waals surface area contributed by atoms with Gasteiger partial charge in [-0.1, -0.05) is 0 Å². The smallest absolute Gasteiger partial charge is 0.422 e. The number of carbonyl (C=O) groups excluding carboxylic acids is 1. The van der Waals surface area contributed by atoms with Crippen molar-refractivity contribution >= 4 is 5.97 Å². The molecule has 84 valence electrons. The van der Waals surface area contributed by atoms with Crippen molar-refractivity contribution in [1.82, 2.24) is 0 Å². The Morgan fingerprint density at radius 3 is 1.93 bits per heavy atom. The minimum atomic E-state index is -4.89.